The molecule has 2 N–H and O–H groups in total. The lowest BCUT2D eigenvalue weighted by Gasteiger charge is -2.08. The molecule has 0 saturated carbocycles. The lowest BCUT2D eigenvalue weighted by molar-refractivity contribution is -0.118. The van der Waals surface area contributed by atoms with Crippen molar-refractivity contribution < 1.29 is 13.9 Å². The summed E-state index contributed by atoms with van der Waals surface area (Å²) in [7, 11) is 1.63. The van der Waals surface area contributed by atoms with Gasteiger partial charge in [0.1, 0.15) is 11.6 Å². The van der Waals surface area contributed by atoms with Gasteiger partial charge in [-0.3, -0.25) is 9.89 Å². The zero-order valence-electron chi connectivity index (χ0n) is 14.7. The van der Waals surface area contributed by atoms with Gasteiger partial charge in [0.15, 0.2) is 5.82 Å². The first-order valence-corrected chi connectivity index (χ1v) is 9.34. The highest BCUT2D eigenvalue weighted by Crippen LogP contribution is 2.21. The van der Waals surface area contributed by atoms with E-state index in [4.69, 9.17) is 4.74 Å². The Bertz CT molecular complexity index is 916. The third kappa shape index (κ3) is 5.07. The maximum Gasteiger partial charge on any atom is 0.230 e. The molecular formula is C19H19FN4O2S. The smallest absolute Gasteiger partial charge is 0.230 e. The number of halogens is 1. The number of H-pyrrole nitrogens is 1. The van der Waals surface area contributed by atoms with E-state index < -0.39 is 0 Å². The number of amides is 1. The van der Waals surface area contributed by atoms with Gasteiger partial charge in [-0.05, 0) is 30.2 Å². The quantitative estimate of drug-likeness (QED) is 0.582. The SMILES string of the molecule is COc1ccccc1CCNC(=O)CSc1n[nH]c(-c2ccccc2F)n1. The van der Waals surface area contributed by atoms with Crippen LogP contribution in [-0.2, 0) is 11.2 Å². The van der Waals surface area contributed by atoms with Crippen molar-refractivity contribution in [1.29, 1.82) is 0 Å². The van der Waals surface area contributed by atoms with Crippen LogP contribution in [0.25, 0.3) is 11.4 Å². The minimum atomic E-state index is -0.376. The van der Waals surface area contributed by atoms with Gasteiger partial charge in [-0.15, -0.1) is 5.10 Å². The van der Waals surface area contributed by atoms with Crippen molar-refractivity contribution in [3.63, 3.8) is 0 Å². The van der Waals surface area contributed by atoms with Crippen LogP contribution in [0.4, 0.5) is 4.39 Å². The zero-order valence-corrected chi connectivity index (χ0v) is 15.6. The van der Waals surface area contributed by atoms with Crippen molar-refractivity contribution in [1.82, 2.24) is 20.5 Å². The predicted molar refractivity (Wildman–Crippen MR) is 102 cm³/mol. The van der Waals surface area contributed by atoms with Gasteiger partial charge in [-0.1, -0.05) is 42.1 Å². The van der Waals surface area contributed by atoms with Crippen molar-refractivity contribution in [3.05, 3.63) is 59.9 Å². The molecule has 0 fully saturated rings. The average molecular weight is 386 g/mol. The Labute approximate surface area is 160 Å². The van der Waals surface area contributed by atoms with Gasteiger partial charge in [-0.25, -0.2) is 9.37 Å². The summed E-state index contributed by atoms with van der Waals surface area (Å²) in [4.78, 5) is 16.2. The first kappa shape index (κ1) is 18.9. The molecule has 0 spiro atoms. The number of carbonyl (C=O) groups excluding carboxylic acids is 1. The number of rotatable bonds is 8. The summed E-state index contributed by atoms with van der Waals surface area (Å²) in [5.41, 5.74) is 1.38. The predicted octanol–water partition coefficient (Wildman–Crippen LogP) is 3.07. The van der Waals surface area contributed by atoms with Gasteiger partial charge in [0.05, 0.1) is 18.4 Å². The maximum absolute atomic E-state index is 13.8. The van der Waals surface area contributed by atoms with E-state index in [1.165, 1.54) is 17.8 Å². The number of aromatic nitrogens is 3. The van der Waals surface area contributed by atoms with Gasteiger partial charge in [0, 0.05) is 6.54 Å². The number of methoxy groups -OCH3 is 1. The van der Waals surface area contributed by atoms with Crippen molar-refractivity contribution in [3.8, 4) is 17.1 Å². The molecule has 0 bridgehead atoms. The number of para-hydroxylation sites is 1. The van der Waals surface area contributed by atoms with Crippen LogP contribution in [0.2, 0.25) is 0 Å². The molecule has 3 rings (SSSR count). The Balaban J connectivity index is 1.46. The van der Waals surface area contributed by atoms with E-state index in [1.54, 1.807) is 25.3 Å². The van der Waals surface area contributed by atoms with Gasteiger partial charge >= 0.3 is 0 Å². The molecule has 0 saturated heterocycles. The Hall–Kier alpha value is -2.87. The minimum Gasteiger partial charge on any atom is -0.496 e. The normalized spacial score (nSPS) is 10.6. The highest BCUT2D eigenvalue weighted by Gasteiger charge is 2.11. The van der Waals surface area contributed by atoms with Crippen LogP contribution in [0.3, 0.4) is 0 Å². The molecule has 2 aromatic carbocycles. The minimum absolute atomic E-state index is 0.118. The Morgan fingerprint density at radius 1 is 1.22 bits per heavy atom. The van der Waals surface area contributed by atoms with E-state index >= 15 is 0 Å². The number of benzene rings is 2. The molecule has 0 aliphatic carbocycles. The van der Waals surface area contributed by atoms with E-state index in [0.29, 0.717) is 29.5 Å². The molecule has 0 aliphatic rings. The zero-order chi connectivity index (χ0) is 19.1. The molecule has 140 valence electrons. The van der Waals surface area contributed by atoms with Crippen LogP contribution in [0, 0.1) is 5.82 Å². The number of hydrogen-bond donors (Lipinski definition) is 2. The molecule has 0 radical (unpaired) electrons. The molecule has 1 amide bonds. The maximum atomic E-state index is 13.8. The Morgan fingerprint density at radius 2 is 2.00 bits per heavy atom. The van der Waals surface area contributed by atoms with Gasteiger partial charge in [0.25, 0.3) is 0 Å². The lowest BCUT2D eigenvalue weighted by Crippen LogP contribution is -2.27. The third-order valence-electron chi connectivity index (χ3n) is 3.84. The fourth-order valence-corrected chi connectivity index (χ4v) is 3.14. The summed E-state index contributed by atoms with van der Waals surface area (Å²) in [5, 5.41) is 9.97. The van der Waals surface area contributed by atoms with Crippen molar-refractivity contribution in [2.24, 2.45) is 0 Å². The average Bonchev–Trinajstić information content (AvgIpc) is 3.16. The molecule has 8 heteroatoms. The van der Waals surface area contributed by atoms with Gasteiger partial charge < -0.3 is 10.1 Å². The van der Waals surface area contributed by atoms with Crippen LogP contribution in [0.5, 0.6) is 5.75 Å². The number of aromatic amines is 1. The van der Waals surface area contributed by atoms with Crippen molar-refractivity contribution in [2.75, 3.05) is 19.4 Å². The van der Waals surface area contributed by atoms with E-state index in [1.807, 2.05) is 24.3 Å². The van der Waals surface area contributed by atoms with Gasteiger partial charge in [-0.2, -0.15) is 0 Å². The van der Waals surface area contributed by atoms with Crippen molar-refractivity contribution in [2.45, 2.75) is 11.6 Å². The summed E-state index contributed by atoms with van der Waals surface area (Å²) in [6, 6.07) is 14.0. The number of carbonyl (C=O) groups is 1. The van der Waals surface area contributed by atoms with E-state index in [9.17, 15) is 9.18 Å². The summed E-state index contributed by atoms with van der Waals surface area (Å²) >= 11 is 1.19. The van der Waals surface area contributed by atoms with Crippen LogP contribution in [0.1, 0.15) is 5.56 Å². The molecule has 0 atom stereocenters. The second-order valence-electron chi connectivity index (χ2n) is 5.65. The molecule has 6 nitrogen and oxygen atoms in total. The number of thioether (sulfide) groups is 1. The molecule has 27 heavy (non-hydrogen) atoms. The van der Waals surface area contributed by atoms with E-state index in [0.717, 1.165) is 11.3 Å². The second kappa shape index (κ2) is 9.18. The Morgan fingerprint density at radius 3 is 2.81 bits per heavy atom. The van der Waals surface area contributed by atoms with E-state index in [-0.39, 0.29) is 17.5 Å². The summed E-state index contributed by atoms with van der Waals surface area (Å²) in [5.74, 6) is 0.835. The van der Waals surface area contributed by atoms with Gasteiger partial charge in [0.2, 0.25) is 11.1 Å². The summed E-state index contributed by atoms with van der Waals surface area (Å²) in [6.45, 7) is 0.508. The highest BCUT2D eigenvalue weighted by molar-refractivity contribution is 7.99. The Kier molecular flexibility index (Phi) is 6.43. The monoisotopic (exact) mass is 386 g/mol. The van der Waals surface area contributed by atoms with Crippen LogP contribution in [0.15, 0.2) is 53.7 Å². The number of hydrogen-bond acceptors (Lipinski definition) is 5. The van der Waals surface area contributed by atoms with Crippen LogP contribution >= 0.6 is 11.8 Å². The molecule has 0 unspecified atom stereocenters. The second-order valence-corrected chi connectivity index (χ2v) is 6.59. The molecule has 1 aromatic heterocycles. The fraction of sp³-hybridized carbons (Fsp3) is 0.211. The largest absolute Gasteiger partial charge is 0.496 e. The standard InChI is InChI=1S/C19H19FN4O2S/c1-26-16-9-5-2-6-13(16)10-11-21-17(25)12-27-19-22-18(23-24-19)14-7-3-4-8-15(14)20/h2-9H,10-12H2,1H3,(H,21,25)(H,22,23,24). The lowest BCUT2D eigenvalue weighted by atomic mass is 10.1. The number of nitrogens with zero attached hydrogens (tertiary/aromatic N) is 2. The third-order valence-corrected chi connectivity index (χ3v) is 4.68. The molecule has 1 heterocycles. The molecule has 3 aromatic rings. The number of ether oxygens (including phenoxy) is 1. The summed E-state index contributed by atoms with van der Waals surface area (Å²) < 4.78 is 19.1. The highest BCUT2D eigenvalue weighted by atomic mass is 32.2. The summed E-state index contributed by atoms with van der Waals surface area (Å²) in [6.07, 6.45) is 0.679. The van der Waals surface area contributed by atoms with Crippen molar-refractivity contribution >= 4 is 17.7 Å². The first-order valence-electron chi connectivity index (χ1n) is 8.36. The number of nitrogens with one attached hydrogen (secondary N) is 2. The van der Waals surface area contributed by atoms with Crippen LogP contribution in [-0.4, -0.2) is 40.5 Å². The van der Waals surface area contributed by atoms with Crippen LogP contribution < -0.4 is 10.1 Å². The first-order chi connectivity index (χ1) is 13.2. The molecular weight excluding hydrogens is 367 g/mol. The van der Waals surface area contributed by atoms with E-state index in [2.05, 4.69) is 20.5 Å². The molecule has 0 aliphatic heterocycles. The fourth-order valence-electron chi connectivity index (χ4n) is 2.51. The topological polar surface area (TPSA) is 79.9 Å².